The average Bonchev–Trinajstić information content (AvgIpc) is 2.30. The molecule has 0 amide bonds. The third-order valence-corrected chi connectivity index (χ3v) is 4.94. The summed E-state index contributed by atoms with van der Waals surface area (Å²) in [7, 11) is 0. The Bertz CT molecular complexity index is 186. The molecule has 2 rings (SSSR count). The summed E-state index contributed by atoms with van der Waals surface area (Å²) in [6.45, 7) is 3.72. The van der Waals surface area contributed by atoms with Gasteiger partial charge in [-0.05, 0) is 44.1 Å². The molecule has 1 N–H and O–H groups in total. The van der Waals surface area contributed by atoms with Crippen molar-refractivity contribution in [3.8, 4) is 0 Å². The van der Waals surface area contributed by atoms with Crippen LogP contribution in [0.5, 0.6) is 0 Å². The van der Waals surface area contributed by atoms with Crippen molar-refractivity contribution < 1.29 is 0 Å². The molecule has 17 heavy (non-hydrogen) atoms. The highest BCUT2D eigenvalue weighted by atomic mass is 14.9. The molecule has 0 aromatic carbocycles. The van der Waals surface area contributed by atoms with Crippen LogP contribution in [0.3, 0.4) is 0 Å². The Morgan fingerprint density at radius 1 is 0.765 bits per heavy atom. The van der Waals surface area contributed by atoms with Gasteiger partial charge in [0.1, 0.15) is 0 Å². The lowest BCUT2D eigenvalue weighted by Gasteiger charge is -2.29. The summed E-state index contributed by atoms with van der Waals surface area (Å²) in [5.41, 5.74) is 0. The molecule has 0 saturated heterocycles. The smallest absolute Gasteiger partial charge is 0.00671 e. The van der Waals surface area contributed by atoms with Gasteiger partial charge in [-0.1, -0.05) is 51.9 Å². The van der Waals surface area contributed by atoms with E-state index < -0.39 is 0 Å². The minimum Gasteiger partial charge on any atom is -0.314 e. The Kier molecular flexibility index (Phi) is 5.84. The van der Waals surface area contributed by atoms with E-state index >= 15 is 0 Å². The van der Waals surface area contributed by atoms with Crippen molar-refractivity contribution in [2.24, 2.45) is 11.8 Å². The molecule has 1 nitrogen and oxygen atoms in total. The standard InChI is InChI=1S/C16H31N/c1-14-9-11-15(12-10-14)13-17-16-7-5-3-2-4-6-8-16/h14-17H,2-13H2,1H3. The molecule has 0 radical (unpaired) electrons. The number of hydrogen-bond acceptors (Lipinski definition) is 1. The molecule has 0 aliphatic heterocycles. The minimum atomic E-state index is 0.842. The zero-order chi connectivity index (χ0) is 11.9. The summed E-state index contributed by atoms with van der Waals surface area (Å²) in [5, 5.41) is 3.87. The van der Waals surface area contributed by atoms with Crippen molar-refractivity contribution in [3.05, 3.63) is 0 Å². The van der Waals surface area contributed by atoms with Gasteiger partial charge in [-0.2, -0.15) is 0 Å². The van der Waals surface area contributed by atoms with Crippen LogP contribution in [0, 0.1) is 11.8 Å². The van der Waals surface area contributed by atoms with Crippen LogP contribution in [-0.4, -0.2) is 12.6 Å². The molecule has 1 heteroatoms. The van der Waals surface area contributed by atoms with Gasteiger partial charge in [-0.25, -0.2) is 0 Å². The van der Waals surface area contributed by atoms with Crippen LogP contribution in [-0.2, 0) is 0 Å². The number of rotatable bonds is 3. The van der Waals surface area contributed by atoms with Gasteiger partial charge in [-0.3, -0.25) is 0 Å². The first kappa shape index (κ1) is 13.4. The van der Waals surface area contributed by atoms with Gasteiger partial charge < -0.3 is 5.32 Å². The third-order valence-electron chi connectivity index (χ3n) is 4.94. The van der Waals surface area contributed by atoms with Gasteiger partial charge in [0.05, 0.1) is 0 Å². The largest absolute Gasteiger partial charge is 0.314 e. The maximum absolute atomic E-state index is 3.87. The first-order valence-electron chi connectivity index (χ1n) is 8.08. The normalized spacial score (nSPS) is 33.0. The maximum Gasteiger partial charge on any atom is 0.00671 e. The molecule has 0 aromatic rings. The van der Waals surface area contributed by atoms with Gasteiger partial charge in [-0.15, -0.1) is 0 Å². The van der Waals surface area contributed by atoms with Crippen LogP contribution in [0.25, 0.3) is 0 Å². The second-order valence-corrected chi connectivity index (χ2v) is 6.58. The predicted molar refractivity (Wildman–Crippen MR) is 75.2 cm³/mol. The molecule has 2 saturated carbocycles. The van der Waals surface area contributed by atoms with E-state index in [1.807, 2.05) is 0 Å². The highest BCUT2D eigenvalue weighted by molar-refractivity contribution is 4.75. The van der Waals surface area contributed by atoms with Crippen molar-refractivity contribution in [3.63, 3.8) is 0 Å². The Morgan fingerprint density at radius 3 is 2.00 bits per heavy atom. The lowest BCUT2D eigenvalue weighted by atomic mass is 9.83. The van der Waals surface area contributed by atoms with Crippen LogP contribution in [0.2, 0.25) is 0 Å². The highest BCUT2D eigenvalue weighted by Gasteiger charge is 2.19. The SMILES string of the molecule is CC1CCC(CNC2CCCCCCC2)CC1. The zero-order valence-corrected chi connectivity index (χ0v) is 11.7. The minimum absolute atomic E-state index is 0.842. The van der Waals surface area contributed by atoms with Gasteiger partial charge in [0, 0.05) is 6.04 Å². The monoisotopic (exact) mass is 237 g/mol. The molecular weight excluding hydrogens is 206 g/mol. The van der Waals surface area contributed by atoms with Crippen molar-refractivity contribution in [1.29, 1.82) is 0 Å². The van der Waals surface area contributed by atoms with Crippen LogP contribution in [0.4, 0.5) is 0 Å². The summed E-state index contributed by atoms with van der Waals surface area (Å²) in [5.74, 6) is 1.98. The van der Waals surface area contributed by atoms with E-state index in [9.17, 15) is 0 Å². The van der Waals surface area contributed by atoms with Crippen LogP contribution < -0.4 is 5.32 Å². The van der Waals surface area contributed by atoms with Crippen molar-refractivity contribution >= 4 is 0 Å². The quantitative estimate of drug-likeness (QED) is 0.761. The average molecular weight is 237 g/mol. The zero-order valence-electron chi connectivity index (χ0n) is 11.7. The van der Waals surface area contributed by atoms with Crippen molar-refractivity contribution in [1.82, 2.24) is 5.32 Å². The van der Waals surface area contributed by atoms with Crippen LogP contribution in [0.1, 0.15) is 77.6 Å². The fraction of sp³-hybridized carbons (Fsp3) is 1.00. The summed E-state index contributed by atoms with van der Waals surface area (Å²) in [6, 6.07) is 0.842. The molecule has 0 bridgehead atoms. The van der Waals surface area contributed by atoms with Crippen molar-refractivity contribution in [2.45, 2.75) is 83.6 Å². The summed E-state index contributed by atoms with van der Waals surface area (Å²) < 4.78 is 0. The Labute approximate surface area is 108 Å². The van der Waals surface area contributed by atoms with Crippen LogP contribution >= 0.6 is 0 Å². The molecular formula is C16H31N. The second kappa shape index (κ2) is 7.41. The summed E-state index contributed by atoms with van der Waals surface area (Å²) >= 11 is 0. The molecule has 2 aliphatic carbocycles. The van der Waals surface area contributed by atoms with Gasteiger partial charge in [0.15, 0.2) is 0 Å². The van der Waals surface area contributed by atoms with Crippen molar-refractivity contribution in [2.75, 3.05) is 6.54 Å². The third kappa shape index (κ3) is 4.99. The van der Waals surface area contributed by atoms with E-state index in [4.69, 9.17) is 0 Å². The Hall–Kier alpha value is -0.0400. The fourth-order valence-electron chi connectivity index (χ4n) is 3.53. The number of hydrogen-bond donors (Lipinski definition) is 1. The highest BCUT2D eigenvalue weighted by Crippen LogP contribution is 2.28. The van der Waals surface area contributed by atoms with E-state index in [2.05, 4.69) is 12.2 Å². The van der Waals surface area contributed by atoms with E-state index in [1.165, 1.54) is 77.2 Å². The predicted octanol–water partition coefficient (Wildman–Crippen LogP) is 4.52. The fourth-order valence-corrected chi connectivity index (χ4v) is 3.53. The lowest BCUT2D eigenvalue weighted by molar-refractivity contribution is 0.265. The van der Waals surface area contributed by atoms with E-state index in [0.717, 1.165) is 17.9 Å². The topological polar surface area (TPSA) is 12.0 Å². The summed E-state index contributed by atoms with van der Waals surface area (Å²) in [6.07, 6.45) is 16.1. The molecule has 0 spiro atoms. The Balaban J connectivity index is 1.62. The summed E-state index contributed by atoms with van der Waals surface area (Å²) in [4.78, 5) is 0. The van der Waals surface area contributed by atoms with E-state index in [0.29, 0.717) is 0 Å². The molecule has 0 aromatic heterocycles. The molecule has 0 heterocycles. The van der Waals surface area contributed by atoms with Gasteiger partial charge >= 0.3 is 0 Å². The van der Waals surface area contributed by atoms with E-state index in [-0.39, 0.29) is 0 Å². The van der Waals surface area contributed by atoms with Gasteiger partial charge in [0.2, 0.25) is 0 Å². The second-order valence-electron chi connectivity index (χ2n) is 6.58. The Morgan fingerprint density at radius 2 is 1.35 bits per heavy atom. The maximum atomic E-state index is 3.87. The first-order valence-corrected chi connectivity index (χ1v) is 8.08. The molecule has 2 fully saturated rings. The number of nitrogens with one attached hydrogen (secondary N) is 1. The molecule has 2 aliphatic rings. The molecule has 0 unspecified atom stereocenters. The first-order chi connectivity index (χ1) is 8.34. The van der Waals surface area contributed by atoms with Crippen LogP contribution in [0.15, 0.2) is 0 Å². The van der Waals surface area contributed by atoms with Gasteiger partial charge in [0.25, 0.3) is 0 Å². The molecule has 0 atom stereocenters. The van der Waals surface area contributed by atoms with E-state index in [1.54, 1.807) is 0 Å². The lowest BCUT2D eigenvalue weighted by Crippen LogP contribution is -2.35. The molecule has 100 valence electrons.